The number of benzene rings is 1. The standard InChI is InChI=1S/C17H23FN4O4S/c1-12(23)20-10-14-11-22(17(24)26-14)13-3-4-16(15(18)9-13)21-5-7-27(25,19-2)8-6-21/h3-4,9,14H,5-8,10-11H2,1-2H3,(H,20,23)/t14-/m0/s1. The molecule has 0 aliphatic carbocycles. The first kappa shape index (κ1) is 19.4. The molecule has 3 rings (SSSR count). The molecule has 2 amide bonds. The van der Waals surface area contributed by atoms with Crippen LogP contribution in [0.5, 0.6) is 0 Å². The van der Waals surface area contributed by atoms with Gasteiger partial charge in [-0.3, -0.25) is 9.69 Å². The second-order valence-electron chi connectivity index (χ2n) is 6.54. The summed E-state index contributed by atoms with van der Waals surface area (Å²) in [6.45, 7) is 2.78. The smallest absolute Gasteiger partial charge is 0.414 e. The summed E-state index contributed by atoms with van der Waals surface area (Å²) in [5.74, 6) is 0.163. The Kier molecular flexibility index (Phi) is 5.54. The van der Waals surface area contributed by atoms with Crippen LogP contribution in [-0.2, 0) is 19.3 Å². The fourth-order valence-corrected chi connectivity index (χ4v) is 4.74. The zero-order chi connectivity index (χ0) is 19.6. The van der Waals surface area contributed by atoms with Crippen LogP contribution in [0.25, 0.3) is 0 Å². The molecule has 0 spiro atoms. The summed E-state index contributed by atoms with van der Waals surface area (Å²) in [7, 11) is -0.609. The minimum atomic E-state index is -2.17. The molecule has 27 heavy (non-hydrogen) atoms. The van der Waals surface area contributed by atoms with Crippen LogP contribution in [0.2, 0.25) is 0 Å². The minimum Gasteiger partial charge on any atom is -0.442 e. The molecule has 8 nitrogen and oxygen atoms in total. The molecule has 0 bridgehead atoms. The van der Waals surface area contributed by atoms with Crippen LogP contribution < -0.4 is 15.1 Å². The molecule has 1 atom stereocenters. The highest BCUT2D eigenvalue weighted by Gasteiger charge is 2.33. The maximum absolute atomic E-state index is 14.7. The average Bonchev–Trinajstić information content (AvgIpc) is 3.02. The maximum atomic E-state index is 14.7. The van der Waals surface area contributed by atoms with Gasteiger partial charge in [-0.2, -0.15) is 0 Å². The predicted octanol–water partition coefficient (Wildman–Crippen LogP) is 1.20. The number of carbonyl (C=O) groups excluding carboxylic acids is 2. The molecule has 2 aliphatic heterocycles. The van der Waals surface area contributed by atoms with E-state index in [-0.39, 0.29) is 19.0 Å². The second kappa shape index (κ2) is 7.71. The lowest BCUT2D eigenvalue weighted by Crippen LogP contribution is -2.40. The van der Waals surface area contributed by atoms with Crippen molar-refractivity contribution in [2.75, 3.05) is 54.5 Å². The third-order valence-corrected chi connectivity index (χ3v) is 7.04. The number of amides is 2. The molecule has 0 unspecified atom stereocenters. The van der Waals surface area contributed by atoms with E-state index in [0.717, 1.165) is 0 Å². The lowest BCUT2D eigenvalue weighted by Gasteiger charge is -2.31. The molecular weight excluding hydrogens is 375 g/mol. The van der Waals surface area contributed by atoms with Crippen molar-refractivity contribution in [3.05, 3.63) is 24.0 Å². The number of nitrogens with zero attached hydrogens (tertiary/aromatic N) is 3. The third kappa shape index (κ3) is 4.32. The number of ether oxygens (including phenoxy) is 1. The monoisotopic (exact) mass is 398 g/mol. The van der Waals surface area contributed by atoms with Crippen LogP contribution in [0.1, 0.15) is 6.92 Å². The highest BCUT2D eigenvalue weighted by molar-refractivity contribution is 7.93. The summed E-state index contributed by atoms with van der Waals surface area (Å²) >= 11 is 0. The molecule has 1 aromatic carbocycles. The van der Waals surface area contributed by atoms with Gasteiger partial charge in [0.15, 0.2) is 0 Å². The molecule has 148 valence electrons. The number of hydrogen-bond donors (Lipinski definition) is 1. The Hall–Kier alpha value is -2.36. The van der Waals surface area contributed by atoms with E-state index in [4.69, 9.17) is 4.74 Å². The van der Waals surface area contributed by atoms with Crippen LogP contribution in [0.15, 0.2) is 22.6 Å². The van der Waals surface area contributed by atoms with E-state index in [2.05, 4.69) is 9.68 Å². The Bertz CT molecular complexity index is 854. The number of cyclic esters (lactones) is 1. The maximum Gasteiger partial charge on any atom is 0.414 e. The number of halogens is 1. The third-order valence-electron chi connectivity index (χ3n) is 4.73. The normalized spacial score (nSPS) is 21.7. The first-order valence-corrected chi connectivity index (χ1v) is 10.5. The molecule has 2 aliphatic rings. The Labute approximate surface area is 157 Å². The number of anilines is 2. The summed E-state index contributed by atoms with van der Waals surface area (Å²) < 4.78 is 36.1. The molecular formula is C17H23FN4O4S. The van der Waals surface area contributed by atoms with Crippen molar-refractivity contribution in [1.82, 2.24) is 5.32 Å². The minimum absolute atomic E-state index is 0.207. The van der Waals surface area contributed by atoms with Crippen molar-refractivity contribution in [1.29, 1.82) is 0 Å². The first-order chi connectivity index (χ1) is 12.8. The van der Waals surface area contributed by atoms with Gasteiger partial charge in [-0.1, -0.05) is 0 Å². The summed E-state index contributed by atoms with van der Waals surface area (Å²) in [4.78, 5) is 26.2. The van der Waals surface area contributed by atoms with Crippen LogP contribution in [-0.4, -0.2) is 67.0 Å². The van der Waals surface area contributed by atoms with Gasteiger partial charge in [0, 0.05) is 48.3 Å². The molecule has 2 saturated heterocycles. The second-order valence-corrected chi connectivity index (χ2v) is 9.27. The van der Waals surface area contributed by atoms with Gasteiger partial charge in [-0.25, -0.2) is 17.8 Å². The van der Waals surface area contributed by atoms with Gasteiger partial charge >= 0.3 is 6.09 Å². The van der Waals surface area contributed by atoms with Crippen molar-refractivity contribution >= 4 is 33.1 Å². The number of rotatable bonds is 4. The van der Waals surface area contributed by atoms with E-state index >= 15 is 0 Å². The van der Waals surface area contributed by atoms with Gasteiger partial charge in [-0.05, 0) is 18.2 Å². The van der Waals surface area contributed by atoms with Crippen LogP contribution in [0.4, 0.5) is 20.6 Å². The molecule has 0 radical (unpaired) electrons. The first-order valence-electron chi connectivity index (χ1n) is 8.69. The summed E-state index contributed by atoms with van der Waals surface area (Å²) in [6.07, 6.45) is -1.04. The Balaban J connectivity index is 1.69. The average molecular weight is 398 g/mol. The van der Waals surface area contributed by atoms with E-state index in [9.17, 15) is 18.2 Å². The zero-order valence-corrected chi connectivity index (χ0v) is 16.1. The molecule has 0 saturated carbocycles. The fourth-order valence-electron chi connectivity index (χ4n) is 3.16. The number of nitrogens with one attached hydrogen (secondary N) is 1. The largest absolute Gasteiger partial charge is 0.442 e. The van der Waals surface area contributed by atoms with Gasteiger partial charge in [0.05, 0.1) is 24.5 Å². The van der Waals surface area contributed by atoms with E-state index in [0.29, 0.717) is 36.0 Å². The lowest BCUT2D eigenvalue weighted by molar-refractivity contribution is -0.119. The van der Waals surface area contributed by atoms with Crippen molar-refractivity contribution in [2.24, 2.45) is 4.36 Å². The van der Waals surface area contributed by atoms with E-state index < -0.39 is 27.7 Å². The highest BCUT2D eigenvalue weighted by atomic mass is 32.2. The summed E-state index contributed by atoms with van der Waals surface area (Å²) in [6, 6.07) is 4.58. The van der Waals surface area contributed by atoms with Gasteiger partial charge in [0.1, 0.15) is 11.9 Å². The Morgan fingerprint density at radius 3 is 2.70 bits per heavy atom. The van der Waals surface area contributed by atoms with Crippen LogP contribution in [0.3, 0.4) is 0 Å². The molecule has 2 fully saturated rings. The van der Waals surface area contributed by atoms with Crippen LogP contribution >= 0.6 is 0 Å². The quantitative estimate of drug-likeness (QED) is 0.823. The van der Waals surface area contributed by atoms with Crippen LogP contribution in [0, 0.1) is 5.82 Å². The van der Waals surface area contributed by atoms with Gasteiger partial charge in [0.2, 0.25) is 5.91 Å². The zero-order valence-electron chi connectivity index (χ0n) is 15.3. The van der Waals surface area contributed by atoms with E-state index in [1.807, 2.05) is 4.90 Å². The number of hydrogen-bond acceptors (Lipinski definition) is 6. The van der Waals surface area contributed by atoms with Gasteiger partial charge in [-0.15, -0.1) is 0 Å². The summed E-state index contributed by atoms with van der Waals surface area (Å²) in [5, 5.41) is 2.60. The van der Waals surface area contributed by atoms with Crippen molar-refractivity contribution in [3.63, 3.8) is 0 Å². The highest BCUT2D eigenvalue weighted by Crippen LogP contribution is 2.28. The summed E-state index contributed by atoms with van der Waals surface area (Å²) in [5.41, 5.74) is 0.814. The van der Waals surface area contributed by atoms with Gasteiger partial charge < -0.3 is 15.0 Å². The van der Waals surface area contributed by atoms with E-state index in [1.165, 1.54) is 17.9 Å². The van der Waals surface area contributed by atoms with E-state index in [1.54, 1.807) is 19.2 Å². The molecule has 10 heteroatoms. The molecule has 0 aromatic heterocycles. The Morgan fingerprint density at radius 2 is 2.11 bits per heavy atom. The Morgan fingerprint density at radius 1 is 1.41 bits per heavy atom. The van der Waals surface area contributed by atoms with Crippen molar-refractivity contribution in [2.45, 2.75) is 13.0 Å². The number of carbonyl (C=O) groups is 2. The SMILES string of the molecule is CN=S1(=O)CCN(c2ccc(N3C[C@H](CNC(C)=O)OC3=O)cc2F)CC1. The van der Waals surface area contributed by atoms with Gasteiger partial charge in [0.25, 0.3) is 0 Å². The van der Waals surface area contributed by atoms with Crippen molar-refractivity contribution < 1.29 is 22.9 Å². The fraction of sp³-hybridized carbons (Fsp3) is 0.529. The topological polar surface area (TPSA) is 91.3 Å². The van der Waals surface area contributed by atoms with Crippen molar-refractivity contribution in [3.8, 4) is 0 Å². The lowest BCUT2D eigenvalue weighted by atomic mass is 10.2. The molecule has 2 heterocycles. The molecule has 1 N–H and O–H groups in total. The molecule has 1 aromatic rings. The predicted molar refractivity (Wildman–Crippen MR) is 101 cm³/mol.